The number of carbonyl (C=O) groups excluding carboxylic acids is 4. The number of pyridine rings is 1. The van der Waals surface area contributed by atoms with E-state index in [9.17, 15) is 27.6 Å². The molecule has 7 atom stereocenters. The van der Waals surface area contributed by atoms with Crippen LogP contribution in [0.4, 0.5) is 4.79 Å². The Hall–Kier alpha value is -4.72. The van der Waals surface area contributed by atoms with Crippen LogP contribution in [-0.4, -0.2) is 83.2 Å². The largest absolute Gasteiger partial charge is 0.472 e. The number of alkyl carbamates (subject to hydrolysis) is 1. The number of nitrogens with one attached hydrogen (secondary N) is 3. The van der Waals surface area contributed by atoms with Gasteiger partial charge in [0, 0.05) is 27.4 Å². The minimum atomic E-state index is -3.90. The van der Waals surface area contributed by atoms with Gasteiger partial charge in [-0.05, 0) is 88.7 Å². The number of amides is 4. The summed E-state index contributed by atoms with van der Waals surface area (Å²) >= 11 is 0. The second-order valence-electron chi connectivity index (χ2n) is 16.9. The number of rotatable bonds is 6. The molecule has 2 aliphatic carbocycles. The first-order chi connectivity index (χ1) is 26.0. The van der Waals surface area contributed by atoms with Gasteiger partial charge in [-0.2, -0.15) is 0 Å². The number of allylic oxidation sites excluding steroid dienone is 1. The Morgan fingerprint density at radius 3 is 2.38 bits per heavy atom. The average molecular weight is 780 g/mol. The fourth-order valence-corrected chi connectivity index (χ4v) is 9.42. The zero-order valence-corrected chi connectivity index (χ0v) is 32.9. The minimum absolute atomic E-state index is 0. The molecule has 0 radical (unpaired) electrons. The number of para-hydroxylation sites is 1. The molecule has 2 aromatic carbocycles. The van der Waals surface area contributed by atoms with Crippen LogP contribution >= 0.6 is 0 Å². The van der Waals surface area contributed by atoms with Gasteiger partial charge in [0.25, 0.3) is 5.91 Å². The molecule has 0 unspecified atom stereocenters. The van der Waals surface area contributed by atoms with Crippen LogP contribution in [0.3, 0.4) is 0 Å². The number of hydrogen-bond donors (Lipinski definition) is 3. The average Bonchev–Trinajstić information content (AvgIpc) is 4.05. The van der Waals surface area contributed by atoms with E-state index in [1.54, 1.807) is 20.8 Å². The van der Waals surface area contributed by atoms with Crippen LogP contribution in [0.5, 0.6) is 5.88 Å². The summed E-state index contributed by atoms with van der Waals surface area (Å²) in [5.74, 6) is -2.13. The lowest BCUT2D eigenvalue weighted by molar-refractivity contribution is -0.142. The molecular weight excluding hydrogens is 723 g/mol. The van der Waals surface area contributed by atoms with E-state index in [1.165, 1.54) is 4.90 Å². The molecule has 2 aliphatic heterocycles. The summed E-state index contributed by atoms with van der Waals surface area (Å²) < 4.78 is 40.2. The van der Waals surface area contributed by atoms with Crippen molar-refractivity contribution >= 4 is 55.5 Å². The third-order valence-electron chi connectivity index (χ3n) is 11.1. The van der Waals surface area contributed by atoms with Crippen molar-refractivity contribution in [2.24, 2.45) is 17.8 Å². The first kappa shape index (κ1) is 38.6. The molecule has 4 aliphatic rings. The number of ether oxygens (including phenoxy) is 2. The second-order valence-corrected chi connectivity index (χ2v) is 18.8. The van der Waals surface area contributed by atoms with Gasteiger partial charge < -0.3 is 25.0 Å². The van der Waals surface area contributed by atoms with E-state index >= 15 is 0 Å². The number of nitrogens with zero attached hydrogens (tertiary/aromatic N) is 2. The van der Waals surface area contributed by atoms with Crippen LogP contribution in [0, 0.1) is 17.8 Å². The maximum atomic E-state index is 14.8. The lowest BCUT2D eigenvalue weighted by atomic mass is 9.88. The number of aromatic nitrogens is 1. The monoisotopic (exact) mass is 779 g/mol. The quantitative estimate of drug-likeness (QED) is 0.205. The predicted molar refractivity (Wildman–Crippen MR) is 214 cm³/mol. The number of sulfonamides is 1. The van der Waals surface area contributed by atoms with Crippen molar-refractivity contribution < 1.29 is 41.3 Å². The van der Waals surface area contributed by atoms with Gasteiger partial charge in [0.2, 0.25) is 27.7 Å². The highest BCUT2D eigenvalue weighted by molar-refractivity contribution is 7.91. The number of hydrogen-bond acceptors (Lipinski definition) is 9. The molecule has 13 nitrogen and oxygen atoms in total. The summed E-state index contributed by atoms with van der Waals surface area (Å²) in [7, 11) is -3.90. The van der Waals surface area contributed by atoms with Crippen LogP contribution < -0.4 is 20.1 Å². The number of benzene rings is 2. The van der Waals surface area contributed by atoms with Gasteiger partial charge >= 0.3 is 6.09 Å². The van der Waals surface area contributed by atoms with Gasteiger partial charge in [0.05, 0.1) is 17.3 Å². The van der Waals surface area contributed by atoms with Crippen molar-refractivity contribution in [2.75, 3.05) is 6.54 Å². The van der Waals surface area contributed by atoms with Gasteiger partial charge in [-0.1, -0.05) is 62.4 Å². The number of carbonyl (C=O) groups is 4. The zero-order chi connectivity index (χ0) is 39.3. The predicted octanol–water partition coefficient (Wildman–Crippen LogP) is 5.86. The topological polar surface area (TPSA) is 173 Å². The molecule has 3 aromatic rings. The third-order valence-corrected chi connectivity index (χ3v) is 13.0. The Kier molecular flexibility index (Phi) is 10.3. The molecule has 3 N–H and O–H groups in total. The van der Waals surface area contributed by atoms with E-state index in [-0.39, 0.29) is 35.5 Å². The maximum absolute atomic E-state index is 14.8. The van der Waals surface area contributed by atoms with E-state index in [4.69, 9.17) is 14.5 Å². The first-order valence-electron chi connectivity index (χ1n) is 19.3. The maximum Gasteiger partial charge on any atom is 0.408 e. The Balaban J connectivity index is 0.00000248. The fraction of sp³-hybridized carbons (Fsp3) is 0.537. The van der Waals surface area contributed by atoms with E-state index in [1.807, 2.05) is 67.6 Å². The Morgan fingerprint density at radius 2 is 1.67 bits per heavy atom. The molecule has 7 rings (SSSR count). The van der Waals surface area contributed by atoms with Crippen LogP contribution in [-0.2, 0) is 29.1 Å². The molecule has 2 saturated carbocycles. The second kappa shape index (κ2) is 14.7. The summed E-state index contributed by atoms with van der Waals surface area (Å²) in [4.78, 5) is 62.7. The van der Waals surface area contributed by atoms with E-state index in [0.717, 1.165) is 28.1 Å². The molecule has 0 spiro atoms. The Morgan fingerprint density at radius 1 is 0.982 bits per heavy atom. The SMILES string of the molecule is C[C@@H]1CC/C=C\[C@@H]2C[C@@]2(C(=O)NS(=O)(=O)C2CC2)NC(=O)[C@@H]2C[C@@H](Oc3nc4ccccc4c4ccccc34)CN2C(=O)[C@@H](NC(=O)OC(C)(C)C)[C@H](C)C1.[HH].[HH].[HH]. The van der Waals surface area contributed by atoms with Crippen molar-refractivity contribution in [3.05, 3.63) is 60.7 Å². The van der Waals surface area contributed by atoms with E-state index in [2.05, 4.69) is 22.3 Å². The molecule has 300 valence electrons. The van der Waals surface area contributed by atoms with Crippen molar-refractivity contribution in [1.82, 2.24) is 25.2 Å². The molecule has 14 heteroatoms. The highest BCUT2D eigenvalue weighted by Gasteiger charge is 2.62. The van der Waals surface area contributed by atoms with Gasteiger partial charge in [0.1, 0.15) is 29.3 Å². The first-order valence-corrected chi connectivity index (χ1v) is 20.9. The summed E-state index contributed by atoms with van der Waals surface area (Å²) in [6.45, 7) is 9.21. The van der Waals surface area contributed by atoms with Gasteiger partial charge in [-0.15, -0.1) is 0 Å². The summed E-state index contributed by atoms with van der Waals surface area (Å²) in [5.41, 5.74) is -1.60. The van der Waals surface area contributed by atoms with Crippen molar-refractivity contribution in [3.63, 3.8) is 0 Å². The summed E-state index contributed by atoms with van der Waals surface area (Å²) in [5, 5.41) is 7.78. The molecule has 0 bridgehead atoms. The van der Waals surface area contributed by atoms with Crippen molar-refractivity contribution in [2.45, 2.75) is 114 Å². The van der Waals surface area contributed by atoms with Crippen LogP contribution in [0.25, 0.3) is 21.7 Å². The third kappa shape index (κ3) is 8.29. The van der Waals surface area contributed by atoms with E-state index < -0.39 is 74.3 Å². The number of fused-ring (bicyclic) bond motifs is 5. The molecule has 3 heterocycles. The van der Waals surface area contributed by atoms with Crippen molar-refractivity contribution in [3.8, 4) is 5.88 Å². The fourth-order valence-electron chi connectivity index (χ4n) is 8.05. The minimum Gasteiger partial charge on any atom is -0.472 e. The lowest BCUT2D eigenvalue weighted by Crippen LogP contribution is -2.59. The van der Waals surface area contributed by atoms with Gasteiger partial charge in [-0.25, -0.2) is 18.2 Å². The Labute approximate surface area is 326 Å². The zero-order valence-electron chi connectivity index (χ0n) is 32.0. The van der Waals surface area contributed by atoms with Gasteiger partial charge in [-0.3, -0.25) is 19.1 Å². The van der Waals surface area contributed by atoms with Gasteiger partial charge in [0.15, 0.2) is 0 Å². The van der Waals surface area contributed by atoms with E-state index in [0.29, 0.717) is 31.6 Å². The molecule has 3 fully saturated rings. The standard InChI is InChI=1S/C41H51N5O8S.3H2/c1-24-12-6-7-13-26-22-41(26,38(49)45-55(51,52)28-18-19-28)44-35(47)33-21-27(23-46(33)37(48)34(25(2)20-24)43-39(50)54-40(3,4)5)53-36-31-16-9-8-14-29(31)30-15-10-11-17-32(30)42-36;;;/h7-11,13-17,24-28,33-34H,6,12,18-23H2,1-5H3,(H,43,50)(H,44,47)(H,45,49);3*1H/b13-7-;;;/t24-,25-,26-,27-,33+,34+,41-;;;/m1.../s1. The molecular formula is C41H57N5O8S. The molecule has 55 heavy (non-hydrogen) atoms. The highest BCUT2D eigenvalue weighted by Crippen LogP contribution is 2.46. The Bertz CT molecular complexity index is 2160. The molecule has 1 saturated heterocycles. The van der Waals surface area contributed by atoms with Crippen LogP contribution in [0.1, 0.15) is 83.8 Å². The smallest absolute Gasteiger partial charge is 0.408 e. The molecule has 1 aromatic heterocycles. The van der Waals surface area contributed by atoms with Crippen LogP contribution in [0.2, 0.25) is 0 Å². The summed E-state index contributed by atoms with van der Waals surface area (Å²) in [6, 6.07) is 13.3. The summed E-state index contributed by atoms with van der Waals surface area (Å²) in [6.07, 6.45) is 5.69. The lowest BCUT2D eigenvalue weighted by Gasteiger charge is -2.33. The highest BCUT2D eigenvalue weighted by atomic mass is 32.2. The molecule has 4 amide bonds. The van der Waals surface area contributed by atoms with Crippen molar-refractivity contribution in [1.29, 1.82) is 0 Å². The van der Waals surface area contributed by atoms with Crippen LogP contribution in [0.15, 0.2) is 60.7 Å². The normalized spacial score (nSPS) is 29.6.